The van der Waals surface area contributed by atoms with Gasteiger partial charge < -0.3 is 5.11 Å². The van der Waals surface area contributed by atoms with E-state index in [2.05, 4.69) is 0 Å². The first-order valence-electron chi connectivity index (χ1n) is 5.22. The van der Waals surface area contributed by atoms with Crippen LogP contribution in [-0.4, -0.2) is 11.1 Å². The number of carbonyl (C=O) groups is 1. The van der Waals surface area contributed by atoms with E-state index in [-0.39, 0.29) is 16.5 Å². The minimum atomic E-state index is -1.05. The van der Waals surface area contributed by atoms with Gasteiger partial charge in [0.25, 0.3) is 0 Å². The molecule has 4 heteroatoms. The van der Waals surface area contributed by atoms with Crippen LogP contribution in [0.2, 0.25) is 5.02 Å². The molecule has 2 rings (SSSR count). The maximum Gasteiger partial charge on any atom is 0.314 e. The fourth-order valence-corrected chi connectivity index (χ4v) is 2.55. The van der Waals surface area contributed by atoms with Crippen molar-refractivity contribution in [3.05, 3.63) is 34.6 Å². The van der Waals surface area contributed by atoms with Crippen molar-refractivity contribution in [1.82, 2.24) is 0 Å². The molecule has 2 atom stereocenters. The summed E-state index contributed by atoms with van der Waals surface area (Å²) in [5, 5.41) is 9.25. The molecule has 0 aromatic heterocycles. The van der Waals surface area contributed by atoms with Crippen LogP contribution in [0.25, 0.3) is 0 Å². The molecule has 1 aliphatic rings. The lowest BCUT2D eigenvalue weighted by Gasteiger charge is -2.14. The number of rotatable bonds is 3. The van der Waals surface area contributed by atoms with Gasteiger partial charge in [0, 0.05) is 5.56 Å². The molecule has 2 unspecified atom stereocenters. The van der Waals surface area contributed by atoms with Crippen molar-refractivity contribution >= 4 is 17.6 Å². The first-order valence-corrected chi connectivity index (χ1v) is 5.59. The van der Waals surface area contributed by atoms with Crippen LogP contribution in [0.4, 0.5) is 4.39 Å². The molecule has 1 saturated carbocycles. The fourth-order valence-electron chi connectivity index (χ4n) is 2.38. The third-order valence-electron chi connectivity index (χ3n) is 3.41. The topological polar surface area (TPSA) is 37.3 Å². The van der Waals surface area contributed by atoms with Crippen LogP contribution in [0.3, 0.4) is 0 Å². The number of carboxylic acids is 1. The van der Waals surface area contributed by atoms with Crippen LogP contribution in [0.15, 0.2) is 18.2 Å². The minimum Gasteiger partial charge on any atom is -0.481 e. The summed E-state index contributed by atoms with van der Waals surface area (Å²) < 4.78 is 13.8. The highest BCUT2D eigenvalue weighted by atomic mass is 35.5. The smallest absolute Gasteiger partial charge is 0.314 e. The molecule has 0 spiro atoms. The summed E-state index contributed by atoms with van der Waals surface area (Å²) in [5.74, 6) is -1.54. The van der Waals surface area contributed by atoms with Crippen LogP contribution in [0.5, 0.6) is 0 Å². The molecule has 1 aromatic rings. The van der Waals surface area contributed by atoms with E-state index >= 15 is 0 Å². The van der Waals surface area contributed by atoms with Gasteiger partial charge in [-0.25, -0.2) is 4.39 Å². The Balaban J connectivity index is 2.51. The highest BCUT2D eigenvalue weighted by Crippen LogP contribution is 2.57. The van der Waals surface area contributed by atoms with E-state index in [9.17, 15) is 14.3 Å². The number of hydrogen-bond donors (Lipinski definition) is 1. The summed E-state index contributed by atoms with van der Waals surface area (Å²) in [6, 6.07) is 4.54. The molecule has 2 nitrogen and oxygen atoms in total. The largest absolute Gasteiger partial charge is 0.481 e. The minimum absolute atomic E-state index is 0.0120. The van der Waals surface area contributed by atoms with Gasteiger partial charge >= 0.3 is 5.97 Å². The zero-order chi connectivity index (χ0) is 11.9. The Labute approximate surface area is 98.0 Å². The third-order valence-corrected chi connectivity index (χ3v) is 3.70. The molecule has 1 fully saturated rings. The molecular weight excluding hydrogens is 231 g/mol. The van der Waals surface area contributed by atoms with E-state index in [1.54, 1.807) is 6.07 Å². The zero-order valence-electron chi connectivity index (χ0n) is 8.84. The second-order valence-electron chi connectivity index (χ2n) is 4.19. The number of aliphatic carboxylic acids is 1. The molecule has 0 radical (unpaired) electrons. The molecule has 0 aliphatic heterocycles. The van der Waals surface area contributed by atoms with Crippen molar-refractivity contribution in [3.8, 4) is 0 Å². The predicted octanol–water partition coefficient (Wildman–Crippen LogP) is 3.23. The van der Waals surface area contributed by atoms with Crippen molar-refractivity contribution in [2.45, 2.75) is 25.2 Å². The molecular formula is C12H12ClFO2. The fraction of sp³-hybridized carbons (Fsp3) is 0.417. The second kappa shape index (κ2) is 3.74. The summed E-state index contributed by atoms with van der Waals surface area (Å²) in [7, 11) is 0. The number of halogens is 2. The Morgan fingerprint density at radius 2 is 2.38 bits per heavy atom. The zero-order valence-corrected chi connectivity index (χ0v) is 9.59. The standard InChI is InChI=1S/C12H12ClFO2/c1-2-7-6-12(7,11(15)16)8-4-3-5-9(13)10(8)14/h3-5,7H,2,6H2,1H3,(H,15,16). The molecule has 1 aromatic carbocycles. The van der Waals surface area contributed by atoms with E-state index in [4.69, 9.17) is 11.6 Å². The predicted molar refractivity (Wildman–Crippen MR) is 59.1 cm³/mol. The van der Waals surface area contributed by atoms with Gasteiger partial charge in [0.1, 0.15) is 5.82 Å². The highest BCUT2D eigenvalue weighted by molar-refractivity contribution is 6.30. The average molecular weight is 243 g/mol. The lowest BCUT2D eigenvalue weighted by Crippen LogP contribution is -2.23. The molecule has 86 valence electrons. The summed E-state index contributed by atoms with van der Waals surface area (Å²) in [5.41, 5.74) is -0.830. The van der Waals surface area contributed by atoms with Crippen molar-refractivity contribution in [2.75, 3.05) is 0 Å². The molecule has 1 N–H and O–H groups in total. The van der Waals surface area contributed by atoms with Crippen molar-refractivity contribution in [2.24, 2.45) is 5.92 Å². The van der Waals surface area contributed by atoms with Gasteiger partial charge in [0.05, 0.1) is 10.4 Å². The van der Waals surface area contributed by atoms with Crippen LogP contribution < -0.4 is 0 Å². The number of benzene rings is 1. The van der Waals surface area contributed by atoms with Crippen LogP contribution in [0.1, 0.15) is 25.3 Å². The third kappa shape index (κ3) is 1.42. The van der Waals surface area contributed by atoms with Gasteiger partial charge in [-0.2, -0.15) is 0 Å². The van der Waals surface area contributed by atoms with Crippen LogP contribution >= 0.6 is 11.6 Å². The van der Waals surface area contributed by atoms with E-state index in [0.29, 0.717) is 6.42 Å². The average Bonchev–Trinajstić information content (AvgIpc) is 2.97. The normalized spacial score (nSPS) is 27.8. The van der Waals surface area contributed by atoms with E-state index in [1.165, 1.54) is 12.1 Å². The van der Waals surface area contributed by atoms with Crippen LogP contribution in [-0.2, 0) is 10.2 Å². The molecule has 1 aliphatic carbocycles. The summed E-state index contributed by atoms with van der Waals surface area (Å²) >= 11 is 5.68. The Kier molecular flexibility index (Phi) is 2.66. The van der Waals surface area contributed by atoms with Crippen molar-refractivity contribution in [3.63, 3.8) is 0 Å². The van der Waals surface area contributed by atoms with Gasteiger partial charge in [-0.15, -0.1) is 0 Å². The molecule has 0 bridgehead atoms. The maximum absolute atomic E-state index is 13.8. The lowest BCUT2D eigenvalue weighted by atomic mass is 9.92. The van der Waals surface area contributed by atoms with Gasteiger partial charge in [-0.1, -0.05) is 37.1 Å². The van der Waals surface area contributed by atoms with Gasteiger partial charge in [0.15, 0.2) is 0 Å². The van der Waals surface area contributed by atoms with Crippen molar-refractivity contribution in [1.29, 1.82) is 0 Å². The Morgan fingerprint density at radius 3 is 2.88 bits per heavy atom. The first kappa shape index (κ1) is 11.4. The van der Waals surface area contributed by atoms with Crippen LogP contribution in [0, 0.1) is 11.7 Å². The van der Waals surface area contributed by atoms with Crippen molar-refractivity contribution < 1.29 is 14.3 Å². The molecule has 0 saturated heterocycles. The van der Waals surface area contributed by atoms with E-state index in [0.717, 1.165) is 6.42 Å². The quantitative estimate of drug-likeness (QED) is 0.884. The monoisotopic (exact) mass is 242 g/mol. The number of hydrogen-bond acceptors (Lipinski definition) is 1. The number of carboxylic acid groups (broad SMARTS) is 1. The molecule has 16 heavy (non-hydrogen) atoms. The second-order valence-corrected chi connectivity index (χ2v) is 4.59. The molecule has 0 amide bonds. The lowest BCUT2D eigenvalue weighted by molar-refractivity contribution is -0.140. The van der Waals surface area contributed by atoms with Gasteiger partial charge in [-0.3, -0.25) is 4.79 Å². The SMILES string of the molecule is CCC1CC1(C(=O)O)c1cccc(Cl)c1F. The van der Waals surface area contributed by atoms with Gasteiger partial charge in [0.2, 0.25) is 0 Å². The van der Waals surface area contributed by atoms with E-state index in [1.807, 2.05) is 6.92 Å². The molecule has 0 heterocycles. The maximum atomic E-state index is 13.8. The summed E-state index contributed by atoms with van der Waals surface area (Å²) in [6.07, 6.45) is 1.23. The Hall–Kier alpha value is -1.09. The summed E-state index contributed by atoms with van der Waals surface area (Å²) in [6.45, 7) is 1.91. The van der Waals surface area contributed by atoms with Gasteiger partial charge in [-0.05, 0) is 18.4 Å². The Bertz CT molecular complexity index is 447. The highest BCUT2D eigenvalue weighted by Gasteiger charge is 2.61. The summed E-state index contributed by atoms with van der Waals surface area (Å²) in [4.78, 5) is 11.3. The Morgan fingerprint density at radius 1 is 1.69 bits per heavy atom. The first-order chi connectivity index (χ1) is 7.54. The van der Waals surface area contributed by atoms with E-state index < -0.39 is 17.2 Å².